The molecule has 1 heterocycles. The molecule has 4 nitrogen and oxygen atoms in total. The molecule has 0 bridgehead atoms. The van der Waals surface area contributed by atoms with Gasteiger partial charge in [0.2, 0.25) is 0 Å². The molecule has 0 atom stereocenters. The number of ether oxygens (including phenoxy) is 1. The molecule has 0 radical (unpaired) electrons. The van der Waals surface area contributed by atoms with Gasteiger partial charge in [0, 0.05) is 10.0 Å². The largest absolute Gasteiger partial charge is 0.464 e. The second-order valence-electron chi connectivity index (χ2n) is 3.29. The lowest BCUT2D eigenvalue weighted by atomic mass is 10.1. The predicted octanol–water partition coefficient (Wildman–Crippen LogP) is 2.69. The van der Waals surface area contributed by atoms with Gasteiger partial charge in [0.1, 0.15) is 6.33 Å². The van der Waals surface area contributed by atoms with Crippen LogP contribution >= 0.6 is 15.9 Å². The van der Waals surface area contributed by atoms with E-state index < -0.39 is 5.97 Å². The lowest BCUT2D eigenvalue weighted by Crippen LogP contribution is -2.04. The predicted molar refractivity (Wildman–Crippen MR) is 66.5 cm³/mol. The number of nitrogens with zero attached hydrogens (tertiary/aromatic N) is 2. The third kappa shape index (κ3) is 2.68. The number of benzene rings is 1. The zero-order valence-electron chi connectivity index (χ0n) is 9.05. The minimum Gasteiger partial charge on any atom is -0.464 e. The molecule has 0 spiro atoms. The Morgan fingerprint density at radius 3 is 2.82 bits per heavy atom. The third-order valence-electron chi connectivity index (χ3n) is 2.18. The SMILES string of the molecule is COC(=O)c1cc(-c2cccc(Br)c2)ncn1. The molecule has 0 saturated heterocycles. The number of aromatic nitrogens is 2. The summed E-state index contributed by atoms with van der Waals surface area (Å²) in [5.41, 5.74) is 1.84. The second-order valence-corrected chi connectivity index (χ2v) is 4.21. The highest BCUT2D eigenvalue weighted by Crippen LogP contribution is 2.21. The van der Waals surface area contributed by atoms with Gasteiger partial charge >= 0.3 is 5.97 Å². The summed E-state index contributed by atoms with van der Waals surface area (Å²) in [5, 5.41) is 0. The molecule has 1 aromatic heterocycles. The van der Waals surface area contributed by atoms with Crippen LogP contribution in [0.4, 0.5) is 0 Å². The summed E-state index contributed by atoms with van der Waals surface area (Å²) < 4.78 is 5.56. The lowest BCUT2D eigenvalue weighted by Gasteiger charge is -2.03. The first-order chi connectivity index (χ1) is 8.20. The van der Waals surface area contributed by atoms with Crippen molar-refractivity contribution < 1.29 is 9.53 Å². The molecule has 0 fully saturated rings. The van der Waals surface area contributed by atoms with Crippen LogP contribution in [-0.4, -0.2) is 23.0 Å². The van der Waals surface area contributed by atoms with E-state index in [1.165, 1.54) is 13.4 Å². The van der Waals surface area contributed by atoms with E-state index in [1.54, 1.807) is 6.07 Å². The van der Waals surface area contributed by atoms with Gasteiger partial charge in [0.15, 0.2) is 5.69 Å². The Morgan fingerprint density at radius 2 is 2.12 bits per heavy atom. The number of rotatable bonds is 2. The maximum Gasteiger partial charge on any atom is 0.356 e. The highest BCUT2D eigenvalue weighted by Gasteiger charge is 2.09. The highest BCUT2D eigenvalue weighted by molar-refractivity contribution is 9.10. The minimum absolute atomic E-state index is 0.248. The van der Waals surface area contributed by atoms with Crippen molar-refractivity contribution in [3.63, 3.8) is 0 Å². The Kier molecular flexibility index (Phi) is 3.49. The number of esters is 1. The van der Waals surface area contributed by atoms with Crippen molar-refractivity contribution >= 4 is 21.9 Å². The van der Waals surface area contributed by atoms with Crippen molar-refractivity contribution in [2.45, 2.75) is 0 Å². The Bertz CT molecular complexity index is 558. The van der Waals surface area contributed by atoms with E-state index in [1.807, 2.05) is 24.3 Å². The summed E-state index contributed by atoms with van der Waals surface area (Å²) in [5.74, 6) is -0.469. The molecule has 0 aliphatic carbocycles. The standard InChI is InChI=1S/C12H9BrN2O2/c1-17-12(16)11-6-10(14-7-15-11)8-3-2-4-9(13)5-8/h2-7H,1H3. The summed E-state index contributed by atoms with van der Waals surface area (Å²) in [7, 11) is 1.32. The van der Waals surface area contributed by atoms with Gasteiger partial charge in [-0.2, -0.15) is 0 Å². The van der Waals surface area contributed by atoms with E-state index in [0.29, 0.717) is 5.69 Å². The monoisotopic (exact) mass is 292 g/mol. The van der Waals surface area contributed by atoms with Gasteiger partial charge in [-0.15, -0.1) is 0 Å². The summed E-state index contributed by atoms with van der Waals surface area (Å²) >= 11 is 3.39. The first-order valence-corrected chi connectivity index (χ1v) is 5.66. The average molecular weight is 293 g/mol. The second kappa shape index (κ2) is 5.05. The van der Waals surface area contributed by atoms with Crippen molar-refractivity contribution in [2.75, 3.05) is 7.11 Å². The Labute approximate surface area is 107 Å². The number of carbonyl (C=O) groups is 1. The van der Waals surface area contributed by atoms with Crippen LogP contribution in [-0.2, 0) is 4.74 Å². The Balaban J connectivity index is 2.43. The fraction of sp³-hybridized carbons (Fsp3) is 0.0833. The van der Waals surface area contributed by atoms with Gasteiger partial charge < -0.3 is 4.74 Å². The normalized spacial score (nSPS) is 10.0. The molecule has 2 rings (SSSR count). The summed E-state index contributed by atoms with van der Waals surface area (Å²) in [6.45, 7) is 0. The van der Waals surface area contributed by atoms with Crippen LogP contribution in [0.3, 0.4) is 0 Å². The molecule has 1 aromatic carbocycles. The van der Waals surface area contributed by atoms with Gasteiger partial charge in [0.05, 0.1) is 12.8 Å². The molecule has 86 valence electrons. The molecule has 2 aromatic rings. The van der Waals surface area contributed by atoms with Crippen LogP contribution in [0.5, 0.6) is 0 Å². The average Bonchev–Trinajstić information content (AvgIpc) is 2.38. The topological polar surface area (TPSA) is 52.1 Å². The van der Waals surface area contributed by atoms with E-state index in [2.05, 4.69) is 30.6 Å². The quantitative estimate of drug-likeness (QED) is 0.799. The summed E-state index contributed by atoms with van der Waals surface area (Å²) in [6.07, 6.45) is 1.35. The van der Waals surface area contributed by atoms with Crippen molar-refractivity contribution in [2.24, 2.45) is 0 Å². The van der Waals surface area contributed by atoms with Gasteiger partial charge in [0.25, 0.3) is 0 Å². The molecule has 0 aliphatic heterocycles. The molecular formula is C12H9BrN2O2. The minimum atomic E-state index is -0.469. The van der Waals surface area contributed by atoms with Crippen molar-refractivity contribution in [3.05, 3.63) is 46.8 Å². The van der Waals surface area contributed by atoms with Crippen LogP contribution < -0.4 is 0 Å². The van der Waals surface area contributed by atoms with E-state index >= 15 is 0 Å². The Morgan fingerprint density at radius 1 is 1.29 bits per heavy atom. The fourth-order valence-electron chi connectivity index (χ4n) is 1.38. The third-order valence-corrected chi connectivity index (χ3v) is 2.68. The maximum absolute atomic E-state index is 11.3. The zero-order chi connectivity index (χ0) is 12.3. The van der Waals surface area contributed by atoms with Gasteiger partial charge in [-0.3, -0.25) is 0 Å². The van der Waals surface area contributed by atoms with Crippen LogP contribution in [0.15, 0.2) is 41.1 Å². The van der Waals surface area contributed by atoms with E-state index in [-0.39, 0.29) is 5.69 Å². The molecule has 0 aliphatic rings. The van der Waals surface area contributed by atoms with Crippen molar-refractivity contribution in [1.29, 1.82) is 0 Å². The summed E-state index contributed by atoms with van der Waals surface area (Å²) in [6, 6.07) is 9.26. The van der Waals surface area contributed by atoms with E-state index in [0.717, 1.165) is 10.0 Å². The lowest BCUT2D eigenvalue weighted by molar-refractivity contribution is 0.0594. The maximum atomic E-state index is 11.3. The highest BCUT2D eigenvalue weighted by atomic mass is 79.9. The smallest absolute Gasteiger partial charge is 0.356 e. The number of methoxy groups -OCH3 is 1. The van der Waals surface area contributed by atoms with Crippen molar-refractivity contribution in [3.8, 4) is 11.3 Å². The van der Waals surface area contributed by atoms with E-state index in [9.17, 15) is 4.79 Å². The van der Waals surface area contributed by atoms with Crippen LogP contribution in [0.25, 0.3) is 11.3 Å². The van der Waals surface area contributed by atoms with Gasteiger partial charge in [-0.1, -0.05) is 28.1 Å². The molecule has 0 saturated carbocycles. The molecule has 5 heteroatoms. The number of hydrogen-bond acceptors (Lipinski definition) is 4. The van der Waals surface area contributed by atoms with Crippen LogP contribution in [0, 0.1) is 0 Å². The van der Waals surface area contributed by atoms with E-state index in [4.69, 9.17) is 0 Å². The zero-order valence-corrected chi connectivity index (χ0v) is 10.6. The van der Waals surface area contributed by atoms with Crippen molar-refractivity contribution in [1.82, 2.24) is 9.97 Å². The fourth-order valence-corrected chi connectivity index (χ4v) is 1.78. The molecule has 0 unspecified atom stereocenters. The van der Waals surface area contributed by atoms with Crippen LogP contribution in [0.1, 0.15) is 10.5 Å². The van der Waals surface area contributed by atoms with Crippen LogP contribution in [0.2, 0.25) is 0 Å². The number of carbonyl (C=O) groups excluding carboxylic acids is 1. The van der Waals surface area contributed by atoms with Gasteiger partial charge in [-0.25, -0.2) is 14.8 Å². The Hall–Kier alpha value is -1.75. The van der Waals surface area contributed by atoms with Gasteiger partial charge in [-0.05, 0) is 18.2 Å². The molecule has 0 amide bonds. The molecule has 17 heavy (non-hydrogen) atoms. The summed E-state index contributed by atoms with van der Waals surface area (Å²) in [4.78, 5) is 19.3. The first kappa shape index (κ1) is 11.7. The first-order valence-electron chi connectivity index (χ1n) is 4.87. The molecular weight excluding hydrogens is 284 g/mol. The number of hydrogen-bond donors (Lipinski definition) is 0. The number of halogens is 1. The molecule has 0 N–H and O–H groups in total.